The smallest absolute Gasteiger partial charge is 0.276 e. The van der Waals surface area contributed by atoms with Gasteiger partial charge in [-0.25, -0.2) is 0 Å². The maximum atomic E-state index is 12.3. The molecule has 2 aromatic carbocycles. The molecule has 2 rings (SSSR count). The van der Waals surface area contributed by atoms with Crippen molar-refractivity contribution in [2.45, 2.75) is 26.9 Å². The van der Waals surface area contributed by atoms with E-state index in [0.29, 0.717) is 26.6 Å². The number of amides is 2. The van der Waals surface area contributed by atoms with Crippen molar-refractivity contribution in [3.63, 3.8) is 0 Å². The number of carbonyl (C=O) groups is 2. The summed E-state index contributed by atoms with van der Waals surface area (Å²) in [6, 6.07) is 10.00. The van der Waals surface area contributed by atoms with Crippen LogP contribution in [0.5, 0.6) is 11.5 Å². The highest BCUT2D eigenvalue weighted by Gasteiger charge is 2.12. The van der Waals surface area contributed by atoms with Crippen LogP contribution in [0.15, 0.2) is 40.9 Å². The third kappa shape index (κ3) is 7.47. The Bertz CT molecular complexity index is 956. The van der Waals surface area contributed by atoms with Crippen LogP contribution in [-0.4, -0.2) is 29.6 Å². The third-order valence-corrected chi connectivity index (χ3v) is 4.85. The van der Waals surface area contributed by atoms with Crippen molar-refractivity contribution in [3.05, 3.63) is 57.0 Å². The molecular weight excluding hydrogens is 494 g/mol. The normalized spacial score (nSPS) is 10.3. The van der Waals surface area contributed by atoms with E-state index in [1.165, 1.54) is 0 Å². The lowest BCUT2D eigenvalue weighted by Crippen LogP contribution is -2.49. The first kappa shape index (κ1) is 23.9. The minimum absolute atomic E-state index is 0.00839. The molecule has 0 saturated heterocycles. The van der Waals surface area contributed by atoms with Crippen LogP contribution in [0.1, 0.15) is 29.8 Å². The molecular formula is C20H21BrClN3O4S. The van der Waals surface area contributed by atoms with E-state index in [2.05, 4.69) is 32.1 Å². The Morgan fingerprint density at radius 1 is 1.17 bits per heavy atom. The van der Waals surface area contributed by atoms with Crippen molar-refractivity contribution in [2.75, 3.05) is 6.61 Å². The summed E-state index contributed by atoms with van der Waals surface area (Å²) in [5.74, 6) is 0.229. The number of ether oxygens (including phenoxy) is 2. The molecule has 160 valence electrons. The van der Waals surface area contributed by atoms with Gasteiger partial charge in [0.05, 0.1) is 10.6 Å². The summed E-state index contributed by atoms with van der Waals surface area (Å²) in [5, 5.41) is 3.03. The Balaban J connectivity index is 1.79. The second kappa shape index (κ2) is 11.1. The lowest BCUT2D eigenvalue weighted by atomic mass is 10.2. The number of benzene rings is 2. The number of nitrogens with one attached hydrogen (secondary N) is 3. The van der Waals surface area contributed by atoms with E-state index in [4.69, 9.17) is 33.3 Å². The molecule has 0 aliphatic heterocycles. The molecule has 0 spiro atoms. The summed E-state index contributed by atoms with van der Waals surface area (Å²) in [4.78, 5) is 24.2. The number of hydrogen-bond acceptors (Lipinski definition) is 5. The summed E-state index contributed by atoms with van der Waals surface area (Å²) in [7, 11) is 0. The van der Waals surface area contributed by atoms with Crippen LogP contribution >= 0.6 is 39.7 Å². The predicted octanol–water partition coefficient (Wildman–Crippen LogP) is 3.91. The Kier molecular flexibility index (Phi) is 8.88. The van der Waals surface area contributed by atoms with E-state index in [1.54, 1.807) is 36.4 Å². The number of carbonyl (C=O) groups excluding carboxylic acids is 2. The number of hydrogen-bond donors (Lipinski definition) is 3. The molecule has 10 heteroatoms. The molecule has 7 nitrogen and oxygen atoms in total. The van der Waals surface area contributed by atoms with Gasteiger partial charge in [0.25, 0.3) is 11.8 Å². The molecule has 0 bridgehead atoms. The van der Waals surface area contributed by atoms with Gasteiger partial charge in [0, 0.05) is 10.6 Å². The second-order valence-corrected chi connectivity index (χ2v) is 8.14. The fourth-order valence-corrected chi connectivity index (χ4v) is 2.95. The van der Waals surface area contributed by atoms with E-state index >= 15 is 0 Å². The maximum absolute atomic E-state index is 12.3. The van der Waals surface area contributed by atoms with Gasteiger partial charge in [0.1, 0.15) is 11.5 Å². The van der Waals surface area contributed by atoms with Gasteiger partial charge in [-0.3, -0.25) is 25.8 Å². The van der Waals surface area contributed by atoms with Crippen LogP contribution < -0.4 is 25.6 Å². The molecule has 0 radical (unpaired) electrons. The minimum Gasteiger partial charge on any atom is -0.490 e. The van der Waals surface area contributed by atoms with Gasteiger partial charge in [-0.15, -0.1) is 0 Å². The molecule has 0 aliphatic rings. The van der Waals surface area contributed by atoms with Crippen molar-refractivity contribution >= 4 is 56.7 Å². The van der Waals surface area contributed by atoms with Crippen molar-refractivity contribution < 1.29 is 19.1 Å². The predicted molar refractivity (Wildman–Crippen MR) is 123 cm³/mol. The van der Waals surface area contributed by atoms with Crippen LogP contribution in [0.3, 0.4) is 0 Å². The fourth-order valence-electron chi connectivity index (χ4n) is 2.22. The van der Waals surface area contributed by atoms with Crippen molar-refractivity contribution in [1.29, 1.82) is 0 Å². The van der Waals surface area contributed by atoms with Gasteiger partial charge >= 0.3 is 0 Å². The largest absolute Gasteiger partial charge is 0.490 e. The Labute approximate surface area is 193 Å². The zero-order chi connectivity index (χ0) is 22.3. The summed E-state index contributed by atoms with van der Waals surface area (Å²) < 4.78 is 11.6. The summed E-state index contributed by atoms with van der Waals surface area (Å²) in [6.07, 6.45) is 0.00839. The number of rotatable bonds is 6. The first-order chi connectivity index (χ1) is 14.2. The standard InChI is InChI=1S/C20H21BrClN3O4S/c1-11(2)29-17-7-4-13(9-15(17)21)19(27)23-20(30)25-24-18(26)10-28-14-5-6-16(22)12(3)8-14/h4-9,11H,10H2,1-3H3,(H,24,26)(H2,23,25,27,30). The van der Waals surface area contributed by atoms with E-state index < -0.39 is 11.8 Å². The Morgan fingerprint density at radius 2 is 1.90 bits per heavy atom. The highest BCUT2D eigenvalue weighted by molar-refractivity contribution is 9.10. The molecule has 30 heavy (non-hydrogen) atoms. The van der Waals surface area contributed by atoms with Gasteiger partial charge in [-0.1, -0.05) is 11.6 Å². The monoisotopic (exact) mass is 513 g/mol. The van der Waals surface area contributed by atoms with Crippen molar-refractivity contribution in [3.8, 4) is 11.5 Å². The molecule has 0 aliphatic carbocycles. The first-order valence-electron chi connectivity index (χ1n) is 8.91. The second-order valence-electron chi connectivity index (χ2n) is 6.47. The summed E-state index contributed by atoms with van der Waals surface area (Å²) in [5.41, 5.74) is 6.02. The van der Waals surface area contributed by atoms with Crippen LogP contribution in [0, 0.1) is 6.92 Å². The average Bonchev–Trinajstić information content (AvgIpc) is 2.68. The average molecular weight is 515 g/mol. The maximum Gasteiger partial charge on any atom is 0.276 e. The highest BCUT2D eigenvalue weighted by Crippen LogP contribution is 2.27. The number of thiocarbonyl (C=S) groups is 1. The van der Waals surface area contributed by atoms with Gasteiger partial charge in [0.2, 0.25) is 0 Å². The van der Waals surface area contributed by atoms with Crippen molar-refractivity contribution in [1.82, 2.24) is 16.2 Å². The SMILES string of the molecule is Cc1cc(OCC(=O)NNC(=S)NC(=O)c2ccc(OC(C)C)c(Br)c2)ccc1Cl. The number of hydrazine groups is 1. The number of aryl methyl sites for hydroxylation is 1. The lowest BCUT2D eigenvalue weighted by Gasteiger charge is -2.13. The van der Waals surface area contributed by atoms with Crippen LogP contribution in [0.4, 0.5) is 0 Å². The van der Waals surface area contributed by atoms with Gasteiger partial charge in [-0.05, 0) is 90.9 Å². The Hall–Kier alpha value is -2.36. The van der Waals surface area contributed by atoms with E-state index in [0.717, 1.165) is 5.56 Å². The van der Waals surface area contributed by atoms with Crippen LogP contribution in [0.25, 0.3) is 0 Å². The summed E-state index contributed by atoms with van der Waals surface area (Å²) >= 11 is 14.3. The number of halogens is 2. The Morgan fingerprint density at radius 3 is 2.53 bits per heavy atom. The quantitative estimate of drug-likeness (QED) is 0.400. The van der Waals surface area contributed by atoms with Crippen molar-refractivity contribution in [2.24, 2.45) is 0 Å². The molecule has 0 atom stereocenters. The molecule has 0 aromatic heterocycles. The molecule has 0 heterocycles. The van der Waals surface area contributed by atoms with Crippen LogP contribution in [0.2, 0.25) is 5.02 Å². The summed E-state index contributed by atoms with van der Waals surface area (Å²) in [6.45, 7) is 5.41. The topological polar surface area (TPSA) is 88.7 Å². The third-order valence-electron chi connectivity index (χ3n) is 3.60. The molecule has 2 aromatic rings. The zero-order valence-electron chi connectivity index (χ0n) is 16.5. The molecule has 3 N–H and O–H groups in total. The minimum atomic E-state index is -0.475. The fraction of sp³-hybridized carbons (Fsp3) is 0.250. The van der Waals surface area contributed by atoms with E-state index in [1.807, 2.05) is 20.8 Å². The molecule has 0 fully saturated rings. The van der Waals surface area contributed by atoms with Gasteiger partial charge < -0.3 is 9.47 Å². The molecule has 2 amide bonds. The first-order valence-corrected chi connectivity index (χ1v) is 10.5. The van der Waals surface area contributed by atoms with Gasteiger partial charge in [-0.2, -0.15) is 0 Å². The van der Waals surface area contributed by atoms with E-state index in [9.17, 15) is 9.59 Å². The molecule has 0 unspecified atom stereocenters. The zero-order valence-corrected chi connectivity index (χ0v) is 19.7. The molecule has 0 saturated carbocycles. The van der Waals surface area contributed by atoms with Crippen LogP contribution in [-0.2, 0) is 4.79 Å². The van der Waals surface area contributed by atoms with E-state index in [-0.39, 0.29) is 17.8 Å². The highest BCUT2D eigenvalue weighted by atomic mass is 79.9. The lowest BCUT2D eigenvalue weighted by molar-refractivity contribution is -0.123. The van der Waals surface area contributed by atoms with Gasteiger partial charge in [0.15, 0.2) is 11.7 Å².